The number of nitrogens with zero attached hydrogens (tertiary/aromatic N) is 1. The van der Waals surface area contributed by atoms with Gasteiger partial charge in [-0.3, -0.25) is 9.59 Å². The first-order valence-electron chi connectivity index (χ1n) is 11.4. The summed E-state index contributed by atoms with van der Waals surface area (Å²) in [6, 6.07) is 23.6. The Bertz CT molecular complexity index is 1110. The molecular weight excluding hydrogens is 442 g/mol. The number of hydrazone groups is 1. The Kier molecular flexibility index (Phi) is 9.01. The van der Waals surface area contributed by atoms with Crippen LogP contribution in [0.3, 0.4) is 0 Å². The molecule has 7 heteroatoms. The van der Waals surface area contributed by atoms with E-state index in [0.717, 1.165) is 16.7 Å². The van der Waals surface area contributed by atoms with Crippen LogP contribution in [0.2, 0.25) is 0 Å². The van der Waals surface area contributed by atoms with E-state index in [4.69, 9.17) is 9.47 Å². The molecule has 7 nitrogen and oxygen atoms in total. The van der Waals surface area contributed by atoms with E-state index in [-0.39, 0.29) is 11.8 Å². The van der Waals surface area contributed by atoms with E-state index in [1.165, 1.54) is 6.21 Å². The number of methoxy groups -OCH3 is 2. The number of benzene rings is 3. The maximum Gasteiger partial charge on any atom is 0.262 e. The van der Waals surface area contributed by atoms with Crippen molar-refractivity contribution in [2.75, 3.05) is 14.2 Å². The lowest BCUT2D eigenvalue weighted by atomic mass is 9.89. The lowest BCUT2D eigenvalue weighted by molar-refractivity contribution is -0.130. The van der Waals surface area contributed by atoms with Crippen molar-refractivity contribution in [1.82, 2.24) is 10.7 Å². The van der Waals surface area contributed by atoms with Crippen LogP contribution in [0.5, 0.6) is 11.5 Å². The zero-order valence-corrected chi connectivity index (χ0v) is 20.4. The highest BCUT2D eigenvalue weighted by Crippen LogP contribution is 2.27. The second-order valence-corrected chi connectivity index (χ2v) is 8.33. The molecule has 1 atom stereocenters. The Balaban J connectivity index is 1.74. The van der Waals surface area contributed by atoms with E-state index < -0.39 is 17.9 Å². The van der Waals surface area contributed by atoms with E-state index >= 15 is 0 Å². The third kappa shape index (κ3) is 6.69. The first kappa shape index (κ1) is 25.5. The van der Waals surface area contributed by atoms with Gasteiger partial charge in [0.2, 0.25) is 5.91 Å². The van der Waals surface area contributed by atoms with Gasteiger partial charge in [-0.2, -0.15) is 5.10 Å². The maximum absolute atomic E-state index is 13.4. The molecule has 0 aliphatic carbocycles. The molecule has 35 heavy (non-hydrogen) atoms. The molecule has 0 aliphatic heterocycles. The van der Waals surface area contributed by atoms with Crippen LogP contribution in [0.1, 0.15) is 36.5 Å². The Morgan fingerprint density at radius 3 is 1.89 bits per heavy atom. The summed E-state index contributed by atoms with van der Waals surface area (Å²) < 4.78 is 10.5. The molecule has 3 aromatic carbocycles. The van der Waals surface area contributed by atoms with Crippen molar-refractivity contribution in [2.45, 2.75) is 25.8 Å². The molecule has 0 aromatic heterocycles. The standard InChI is InChI=1S/C28H31N3O4/c1-19(2)26(28(33)31-29-18-20-15-16-23(34-3)24(17-20)35-4)30-27(32)25(21-11-7-5-8-12-21)22-13-9-6-10-14-22/h5-19,25-26H,1-4H3,(H,30,32)(H,31,33). The molecule has 0 fully saturated rings. The van der Waals surface area contributed by atoms with Crippen molar-refractivity contribution < 1.29 is 19.1 Å². The van der Waals surface area contributed by atoms with E-state index in [1.807, 2.05) is 74.5 Å². The number of carbonyl (C=O) groups excluding carboxylic acids is 2. The molecule has 0 bridgehead atoms. The number of hydrogen-bond acceptors (Lipinski definition) is 5. The van der Waals surface area contributed by atoms with Crippen LogP contribution in [0.25, 0.3) is 0 Å². The van der Waals surface area contributed by atoms with Gasteiger partial charge in [0, 0.05) is 0 Å². The molecule has 3 rings (SSSR count). The molecule has 0 spiro atoms. The average molecular weight is 474 g/mol. The topological polar surface area (TPSA) is 89.0 Å². The minimum Gasteiger partial charge on any atom is -0.493 e. The van der Waals surface area contributed by atoms with Crippen molar-refractivity contribution in [3.05, 3.63) is 95.6 Å². The van der Waals surface area contributed by atoms with Gasteiger partial charge < -0.3 is 14.8 Å². The Hall–Kier alpha value is -4.13. The SMILES string of the molecule is COc1ccc(C=NNC(=O)C(NC(=O)C(c2ccccc2)c2ccccc2)C(C)C)cc1OC. The Labute approximate surface area is 206 Å². The highest BCUT2D eigenvalue weighted by Gasteiger charge is 2.29. The number of rotatable bonds is 10. The van der Waals surface area contributed by atoms with Gasteiger partial charge in [-0.1, -0.05) is 74.5 Å². The summed E-state index contributed by atoms with van der Waals surface area (Å²) >= 11 is 0. The van der Waals surface area contributed by atoms with Crippen LogP contribution in [-0.2, 0) is 9.59 Å². The minimum absolute atomic E-state index is 0.151. The summed E-state index contributed by atoms with van der Waals surface area (Å²) in [6.45, 7) is 3.76. The van der Waals surface area contributed by atoms with Crippen LogP contribution in [0.15, 0.2) is 84.0 Å². The highest BCUT2D eigenvalue weighted by atomic mass is 16.5. The zero-order valence-electron chi connectivity index (χ0n) is 20.4. The van der Waals surface area contributed by atoms with Crippen molar-refractivity contribution in [3.8, 4) is 11.5 Å². The van der Waals surface area contributed by atoms with Crippen LogP contribution >= 0.6 is 0 Å². The second-order valence-electron chi connectivity index (χ2n) is 8.33. The van der Waals surface area contributed by atoms with E-state index in [2.05, 4.69) is 15.8 Å². The van der Waals surface area contributed by atoms with E-state index in [0.29, 0.717) is 11.5 Å². The molecule has 182 valence electrons. The Morgan fingerprint density at radius 1 is 0.800 bits per heavy atom. The van der Waals surface area contributed by atoms with E-state index in [9.17, 15) is 9.59 Å². The number of amides is 2. The van der Waals surface area contributed by atoms with Gasteiger partial charge in [-0.15, -0.1) is 0 Å². The van der Waals surface area contributed by atoms with Crippen molar-refractivity contribution >= 4 is 18.0 Å². The van der Waals surface area contributed by atoms with Gasteiger partial charge in [-0.05, 0) is 40.8 Å². The predicted octanol–water partition coefficient (Wildman–Crippen LogP) is 4.13. The smallest absolute Gasteiger partial charge is 0.262 e. The van der Waals surface area contributed by atoms with Crippen LogP contribution in [0, 0.1) is 5.92 Å². The van der Waals surface area contributed by atoms with Crippen LogP contribution in [0.4, 0.5) is 0 Å². The fourth-order valence-electron chi connectivity index (χ4n) is 3.73. The van der Waals surface area contributed by atoms with Crippen molar-refractivity contribution in [1.29, 1.82) is 0 Å². The summed E-state index contributed by atoms with van der Waals surface area (Å²) in [6.07, 6.45) is 1.51. The molecule has 0 heterocycles. The van der Waals surface area contributed by atoms with Gasteiger partial charge in [0.25, 0.3) is 5.91 Å². The summed E-state index contributed by atoms with van der Waals surface area (Å²) in [4.78, 5) is 26.4. The number of nitrogens with one attached hydrogen (secondary N) is 2. The quantitative estimate of drug-likeness (QED) is 0.342. The van der Waals surface area contributed by atoms with Gasteiger partial charge in [0.1, 0.15) is 6.04 Å². The summed E-state index contributed by atoms with van der Waals surface area (Å²) in [5, 5.41) is 7.01. The molecule has 1 unspecified atom stereocenters. The molecule has 0 radical (unpaired) electrons. The lowest BCUT2D eigenvalue weighted by Crippen LogP contribution is -2.50. The molecule has 0 saturated carbocycles. The lowest BCUT2D eigenvalue weighted by Gasteiger charge is -2.24. The van der Waals surface area contributed by atoms with E-state index in [1.54, 1.807) is 32.4 Å². The largest absolute Gasteiger partial charge is 0.493 e. The highest BCUT2D eigenvalue weighted by molar-refractivity contribution is 5.93. The van der Waals surface area contributed by atoms with Crippen LogP contribution in [-0.4, -0.2) is 38.3 Å². The molecule has 0 aliphatic rings. The molecular formula is C28H31N3O4. The summed E-state index contributed by atoms with van der Waals surface area (Å²) in [7, 11) is 3.11. The monoisotopic (exact) mass is 473 g/mol. The zero-order chi connectivity index (χ0) is 25.2. The third-order valence-electron chi connectivity index (χ3n) is 5.57. The predicted molar refractivity (Wildman–Crippen MR) is 137 cm³/mol. The number of ether oxygens (including phenoxy) is 2. The summed E-state index contributed by atoms with van der Waals surface area (Å²) in [5.74, 6) is -0.181. The van der Waals surface area contributed by atoms with Gasteiger partial charge >= 0.3 is 0 Å². The molecule has 0 saturated heterocycles. The van der Waals surface area contributed by atoms with Crippen molar-refractivity contribution in [2.24, 2.45) is 11.0 Å². The first-order chi connectivity index (χ1) is 16.9. The number of hydrogen-bond donors (Lipinski definition) is 2. The first-order valence-corrected chi connectivity index (χ1v) is 11.4. The van der Waals surface area contributed by atoms with Crippen molar-refractivity contribution in [3.63, 3.8) is 0 Å². The van der Waals surface area contributed by atoms with Gasteiger partial charge in [-0.25, -0.2) is 5.43 Å². The molecule has 2 amide bonds. The second kappa shape index (κ2) is 12.4. The summed E-state index contributed by atoms with van der Waals surface area (Å²) in [5.41, 5.74) is 4.97. The molecule has 2 N–H and O–H groups in total. The van der Waals surface area contributed by atoms with Crippen LogP contribution < -0.4 is 20.2 Å². The average Bonchev–Trinajstić information content (AvgIpc) is 2.88. The minimum atomic E-state index is -0.764. The third-order valence-corrected chi connectivity index (χ3v) is 5.57. The molecule has 3 aromatic rings. The normalized spacial score (nSPS) is 11.9. The maximum atomic E-state index is 13.4. The Morgan fingerprint density at radius 2 is 1.37 bits per heavy atom. The number of carbonyl (C=O) groups is 2. The van der Waals surface area contributed by atoms with Gasteiger partial charge in [0.15, 0.2) is 11.5 Å². The van der Waals surface area contributed by atoms with Gasteiger partial charge in [0.05, 0.1) is 26.4 Å². The fraction of sp³-hybridized carbons (Fsp3) is 0.250. The fourth-order valence-corrected chi connectivity index (χ4v) is 3.73.